The first kappa shape index (κ1) is 20.5. The molecule has 0 aliphatic carbocycles. The standard InChI is InChI=1S/C22H22N2O4S/c1-3-15-7-9-16(10-8-15)22-24-18(14-29-22)12-21(26)28-13-20(25)23-17-5-4-6-19(11-17)27-2/h4-11,14H,3,12-13H2,1-2H3,(H,23,25). The summed E-state index contributed by atoms with van der Waals surface area (Å²) in [6.07, 6.45) is 1.01. The van der Waals surface area contributed by atoms with Gasteiger partial charge in [0, 0.05) is 22.7 Å². The van der Waals surface area contributed by atoms with Crippen molar-refractivity contribution in [3.63, 3.8) is 0 Å². The molecule has 7 heteroatoms. The Balaban J connectivity index is 1.49. The van der Waals surface area contributed by atoms with E-state index in [1.807, 2.05) is 17.5 Å². The Kier molecular flexibility index (Phi) is 6.97. The molecule has 0 fully saturated rings. The summed E-state index contributed by atoms with van der Waals surface area (Å²) in [6, 6.07) is 15.2. The van der Waals surface area contributed by atoms with Gasteiger partial charge in [-0.25, -0.2) is 4.98 Å². The van der Waals surface area contributed by atoms with Crippen LogP contribution < -0.4 is 10.1 Å². The number of nitrogens with zero attached hydrogens (tertiary/aromatic N) is 1. The van der Waals surface area contributed by atoms with Gasteiger partial charge in [0.2, 0.25) is 0 Å². The van der Waals surface area contributed by atoms with Crippen molar-refractivity contribution in [2.24, 2.45) is 0 Å². The van der Waals surface area contributed by atoms with Gasteiger partial charge in [0.25, 0.3) is 5.91 Å². The highest BCUT2D eigenvalue weighted by molar-refractivity contribution is 7.13. The minimum absolute atomic E-state index is 0.0238. The third kappa shape index (κ3) is 5.89. The quantitative estimate of drug-likeness (QED) is 0.566. The number of rotatable bonds is 8. The van der Waals surface area contributed by atoms with Crippen LogP contribution in [-0.2, 0) is 27.2 Å². The first-order valence-electron chi connectivity index (χ1n) is 9.20. The van der Waals surface area contributed by atoms with Crippen LogP contribution in [0.15, 0.2) is 53.9 Å². The normalized spacial score (nSPS) is 10.4. The summed E-state index contributed by atoms with van der Waals surface area (Å²) in [5.74, 6) is -0.283. The molecule has 3 rings (SSSR count). The van der Waals surface area contributed by atoms with Gasteiger partial charge in [0.1, 0.15) is 10.8 Å². The number of hydrogen-bond donors (Lipinski definition) is 1. The van der Waals surface area contributed by atoms with E-state index in [4.69, 9.17) is 9.47 Å². The highest BCUT2D eigenvalue weighted by Crippen LogP contribution is 2.24. The number of aryl methyl sites for hydroxylation is 1. The second-order valence-electron chi connectivity index (χ2n) is 6.31. The van der Waals surface area contributed by atoms with E-state index in [1.165, 1.54) is 16.9 Å². The molecule has 2 aromatic carbocycles. The lowest BCUT2D eigenvalue weighted by molar-refractivity contribution is -0.146. The Morgan fingerprint density at radius 1 is 1.14 bits per heavy atom. The largest absolute Gasteiger partial charge is 0.497 e. The van der Waals surface area contributed by atoms with Crippen LogP contribution in [-0.4, -0.2) is 30.6 Å². The molecule has 3 aromatic rings. The summed E-state index contributed by atoms with van der Waals surface area (Å²) in [4.78, 5) is 28.5. The first-order valence-corrected chi connectivity index (χ1v) is 10.1. The minimum atomic E-state index is -0.496. The summed E-state index contributed by atoms with van der Waals surface area (Å²) in [6.45, 7) is 1.75. The van der Waals surface area contributed by atoms with Gasteiger partial charge in [0.05, 0.1) is 19.2 Å². The SMILES string of the molecule is CCc1ccc(-c2nc(CC(=O)OCC(=O)Nc3cccc(OC)c3)cs2)cc1. The van der Waals surface area contributed by atoms with E-state index in [9.17, 15) is 9.59 Å². The molecule has 1 aromatic heterocycles. The van der Waals surface area contributed by atoms with Crippen molar-refractivity contribution in [1.29, 1.82) is 0 Å². The molecule has 0 aliphatic heterocycles. The zero-order chi connectivity index (χ0) is 20.6. The molecule has 29 heavy (non-hydrogen) atoms. The maximum atomic E-state index is 12.0. The predicted octanol–water partition coefficient (Wildman–Crippen LogP) is 4.11. The lowest BCUT2D eigenvalue weighted by Crippen LogP contribution is -2.21. The van der Waals surface area contributed by atoms with E-state index in [1.54, 1.807) is 31.4 Å². The van der Waals surface area contributed by atoms with E-state index in [0.29, 0.717) is 17.1 Å². The fraction of sp³-hybridized carbons (Fsp3) is 0.227. The molecule has 6 nitrogen and oxygen atoms in total. The van der Waals surface area contributed by atoms with Crippen LogP contribution in [0.5, 0.6) is 5.75 Å². The number of thiazole rings is 1. The lowest BCUT2D eigenvalue weighted by Gasteiger charge is -2.07. The molecule has 0 bridgehead atoms. The lowest BCUT2D eigenvalue weighted by atomic mass is 10.1. The molecular weight excluding hydrogens is 388 g/mol. The number of aromatic nitrogens is 1. The van der Waals surface area contributed by atoms with Crippen molar-refractivity contribution < 1.29 is 19.1 Å². The first-order chi connectivity index (χ1) is 14.1. The molecule has 0 aliphatic rings. The van der Waals surface area contributed by atoms with Crippen molar-refractivity contribution >= 4 is 28.9 Å². The molecule has 0 saturated heterocycles. The van der Waals surface area contributed by atoms with Crippen LogP contribution in [0.2, 0.25) is 0 Å². The zero-order valence-electron chi connectivity index (χ0n) is 16.3. The Labute approximate surface area is 173 Å². The highest BCUT2D eigenvalue weighted by Gasteiger charge is 2.12. The van der Waals surface area contributed by atoms with Crippen LogP contribution in [0.4, 0.5) is 5.69 Å². The molecule has 0 radical (unpaired) electrons. The molecule has 0 unspecified atom stereocenters. The maximum Gasteiger partial charge on any atom is 0.312 e. The second kappa shape index (κ2) is 9.84. The summed E-state index contributed by atoms with van der Waals surface area (Å²) in [7, 11) is 1.55. The average Bonchev–Trinajstić information content (AvgIpc) is 3.21. The van der Waals surface area contributed by atoms with Gasteiger partial charge in [-0.1, -0.05) is 37.3 Å². The molecule has 150 valence electrons. The molecule has 0 spiro atoms. The third-order valence-corrected chi connectivity index (χ3v) is 5.14. The highest BCUT2D eigenvalue weighted by atomic mass is 32.1. The number of anilines is 1. The van der Waals surface area contributed by atoms with E-state index < -0.39 is 11.9 Å². The van der Waals surface area contributed by atoms with Crippen molar-refractivity contribution in [3.8, 4) is 16.3 Å². The van der Waals surface area contributed by atoms with Crippen LogP contribution >= 0.6 is 11.3 Å². The van der Waals surface area contributed by atoms with E-state index >= 15 is 0 Å². The number of amides is 1. The van der Waals surface area contributed by atoms with Crippen molar-refractivity contribution in [3.05, 3.63) is 65.2 Å². The summed E-state index contributed by atoms with van der Waals surface area (Å²) in [5.41, 5.74) is 3.48. The molecule has 0 saturated carbocycles. The Hall–Kier alpha value is -3.19. The summed E-state index contributed by atoms with van der Waals surface area (Å²) >= 11 is 1.48. The number of nitrogens with one attached hydrogen (secondary N) is 1. The molecule has 0 atom stereocenters. The third-order valence-electron chi connectivity index (χ3n) is 4.20. The van der Waals surface area contributed by atoms with Gasteiger partial charge >= 0.3 is 5.97 Å². The predicted molar refractivity (Wildman–Crippen MR) is 113 cm³/mol. The van der Waals surface area contributed by atoms with Gasteiger partial charge in [0.15, 0.2) is 6.61 Å². The molecule has 1 amide bonds. The molecule has 1 heterocycles. The topological polar surface area (TPSA) is 77.5 Å². The molecule has 1 N–H and O–H groups in total. The molecular formula is C22H22N2O4S. The van der Waals surface area contributed by atoms with Crippen LogP contribution in [0, 0.1) is 0 Å². The summed E-state index contributed by atoms with van der Waals surface area (Å²) < 4.78 is 10.2. The number of benzene rings is 2. The number of carbonyl (C=O) groups is 2. The van der Waals surface area contributed by atoms with E-state index in [2.05, 4.69) is 29.4 Å². The van der Waals surface area contributed by atoms with E-state index in [0.717, 1.165) is 17.0 Å². The monoisotopic (exact) mass is 410 g/mol. The van der Waals surface area contributed by atoms with E-state index in [-0.39, 0.29) is 13.0 Å². The number of ether oxygens (including phenoxy) is 2. The van der Waals surface area contributed by atoms with Crippen molar-refractivity contribution in [2.45, 2.75) is 19.8 Å². The van der Waals surface area contributed by atoms with Gasteiger partial charge in [-0.05, 0) is 24.1 Å². The minimum Gasteiger partial charge on any atom is -0.497 e. The summed E-state index contributed by atoms with van der Waals surface area (Å²) in [5, 5.41) is 5.35. The van der Waals surface area contributed by atoms with Gasteiger partial charge in [-0.2, -0.15) is 0 Å². The van der Waals surface area contributed by atoms with Crippen molar-refractivity contribution in [2.75, 3.05) is 19.0 Å². The Morgan fingerprint density at radius 3 is 2.66 bits per heavy atom. The van der Waals surface area contributed by atoms with Crippen LogP contribution in [0.25, 0.3) is 10.6 Å². The van der Waals surface area contributed by atoms with Gasteiger partial charge < -0.3 is 14.8 Å². The van der Waals surface area contributed by atoms with Crippen LogP contribution in [0.3, 0.4) is 0 Å². The number of esters is 1. The number of carbonyl (C=O) groups excluding carboxylic acids is 2. The van der Waals surface area contributed by atoms with Gasteiger partial charge in [-0.15, -0.1) is 11.3 Å². The number of methoxy groups -OCH3 is 1. The fourth-order valence-electron chi connectivity index (χ4n) is 2.65. The smallest absolute Gasteiger partial charge is 0.312 e. The zero-order valence-corrected chi connectivity index (χ0v) is 17.1. The Morgan fingerprint density at radius 2 is 1.93 bits per heavy atom. The maximum absolute atomic E-state index is 12.0. The number of hydrogen-bond acceptors (Lipinski definition) is 6. The van der Waals surface area contributed by atoms with Gasteiger partial charge in [-0.3, -0.25) is 9.59 Å². The Bertz CT molecular complexity index is 982. The van der Waals surface area contributed by atoms with Crippen LogP contribution in [0.1, 0.15) is 18.2 Å². The van der Waals surface area contributed by atoms with Crippen molar-refractivity contribution in [1.82, 2.24) is 4.98 Å². The fourth-order valence-corrected chi connectivity index (χ4v) is 3.47. The average molecular weight is 410 g/mol. The second-order valence-corrected chi connectivity index (χ2v) is 7.17.